The Kier molecular flexibility index (Phi) is 3.22. The van der Waals surface area contributed by atoms with E-state index in [0.717, 1.165) is 6.54 Å². The van der Waals surface area contributed by atoms with Crippen molar-refractivity contribution in [3.05, 3.63) is 0 Å². The van der Waals surface area contributed by atoms with Crippen LogP contribution in [0.1, 0.15) is 20.3 Å². The minimum Gasteiger partial charge on any atom is -0.324 e. The second kappa shape index (κ2) is 3.78. The molecule has 0 bridgehead atoms. The van der Waals surface area contributed by atoms with Gasteiger partial charge < -0.3 is 11.1 Å². The molecule has 1 aliphatic rings. The molecule has 0 aliphatic carbocycles. The van der Waals surface area contributed by atoms with Gasteiger partial charge in [0.25, 0.3) is 0 Å². The van der Waals surface area contributed by atoms with E-state index in [0.29, 0.717) is 6.04 Å². The molecule has 0 aromatic carbocycles. The van der Waals surface area contributed by atoms with Gasteiger partial charge in [0.1, 0.15) is 0 Å². The molecule has 2 nitrogen and oxygen atoms in total. The van der Waals surface area contributed by atoms with Crippen LogP contribution in [0.15, 0.2) is 0 Å². The van der Waals surface area contributed by atoms with Gasteiger partial charge in [0.15, 0.2) is 0 Å². The number of hydrogen-bond acceptors (Lipinski definition) is 3. The van der Waals surface area contributed by atoms with Gasteiger partial charge in [-0.05, 0) is 26.0 Å². The minimum absolute atomic E-state index is 0.0622. The van der Waals surface area contributed by atoms with Gasteiger partial charge in [-0.1, -0.05) is 0 Å². The molecule has 0 spiro atoms. The predicted octanol–water partition coefficient (Wildman–Crippen LogP) is 0.819. The highest BCUT2D eigenvalue weighted by Crippen LogP contribution is 2.17. The lowest BCUT2D eigenvalue weighted by Crippen LogP contribution is -2.46. The van der Waals surface area contributed by atoms with Gasteiger partial charge in [-0.2, -0.15) is 11.8 Å². The van der Waals surface area contributed by atoms with Crippen LogP contribution in [-0.2, 0) is 0 Å². The maximum atomic E-state index is 5.84. The van der Waals surface area contributed by atoms with E-state index in [2.05, 4.69) is 19.2 Å². The van der Waals surface area contributed by atoms with Crippen molar-refractivity contribution in [3.8, 4) is 0 Å². The van der Waals surface area contributed by atoms with E-state index in [1.54, 1.807) is 0 Å². The lowest BCUT2D eigenvalue weighted by molar-refractivity contribution is 0.432. The van der Waals surface area contributed by atoms with Crippen molar-refractivity contribution < 1.29 is 0 Å². The molecule has 0 saturated carbocycles. The maximum absolute atomic E-state index is 5.84. The molecule has 1 saturated heterocycles. The number of hydrogen-bond donors (Lipinski definition) is 2. The third kappa shape index (κ3) is 3.99. The molecule has 0 radical (unpaired) electrons. The van der Waals surface area contributed by atoms with Crippen molar-refractivity contribution in [2.75, 3.05) is 18.1 Å². The topological polar surface area (TPSA) is 38.0 Å². The SMILES string of the molecule is CC(C)(N)CNC1CCSC1. The standard InChI is InChI=1S/C8H18N2S/c1-8(2,9)6-10-7-3-4-11-5-7/h7,10H,3-6,9H2,1-2H3. The van der Waals surface area contributed by atoms with E-state index in [9.17, 15) is 0 Å². The minimum atomic E-state index is -0.0622. The first-order valence-corrected chi connectivity index (χ1v) is 5.33. The van der Waals surface area contributed by atoms with E-state index < -0.39 is 0 Å². The Morgan fingerprint density at radius 3 is 2.82 bits per heavy atom. The molecule has 1 rings (SSSR count). The van der Waals surface area contributed by atoms with Crippen LogP contribution in [0.5, 0.6) is 0 Å². The number of nitrogens with two attached hydrogens (primary N) is 1. The third-order valence-corrected chi connectivity index (χ3v) is 2.94. The monoisotopic (exact) mass is 174 g/mol. The molecule has 0 aromatic heterocycles. The fourth-order valence-corrected chi connectivity index (χ4v) is 2.29. The van der Waals surface area contributed by atoms with Crippen molar-refractivity contribution in [2.45, 2.75) is 31.8 Å². The van der Waals surface area contributed by atoms with Gasteiger partial charge in [-0.25, -0.2) is 0 Å². The summed E-state index contributed by atoms with van der Waals surface area (Å²) in [6, 6.07) is 0.711. The Labute approximate surface area is 73.3 Å². The van der Waals surface area contributed by atoms with Crippen LogP contribution in [0.25, 0.3) is 0 Å². The Hall–Kier alpha value is 0.270. The van der Waals surface area contributed by atoms with Gasteiger partial charge in [-0.15, -0.1) is 0 Å². The molecule has 0 amide bonds. The fourth-order valence-electron chi connectivity index (χ4n) is 1.10. The number of rotatable bonds is 3. The van der Waals surface area contributed by atoms with E-state index in [1.165, 1.54) is 17.9 Å². The lowest BCUT2D eigenvalue weighted by atomic mass is 10.1. The summed E-state index contributed by atoms with van der Waals surface area (Å²) in [5.41, 5.74) is 5.78. The zero-order valence-corrected chi connectivity index (χ0v) is 8.21. The second-order valence-electron chi connectivity index (χ2n) is 3.93. The van der Waals surface area contributed by atoms with Gasteiger partial charge in [0, 0.05) is 23.9 Å². The van der Waals surface area contributed by atoms with Crippen molar-refractivity contribution in [3.63, 3.8) is 0 Å². The van der Waals surface area contributed by atoms with Gasteiger partial charge in [0.05, 0.1) is 0 Å². The molecule has 66 valence electrons. The summed E-state index contributed by atoms with van der Waals surface area (Å²) in [7, 11) is 0. The summed E-state index contributed by atoms with van der Waals surface area (Å²) in [6.07, 6.45) is 1.31. The normalized spacial score (nSPS) is 25.9. The lowest BCUT2D eigenvalue weighted by Gasteiger charge is -2.21. The molecular weight excluding hydrogens is 156 g/mol. The first-order valence-electron chi connectivity index (χ1n) is 4.18. The second-order valence-corrected chi connectivity index (χ2v) is 5.08. The molecule has 11 heavy (non-hydrogen) atoms. The van der Waals surface area contributed by atoms with Crippen molar-refractivity contribution in [2.24, 2.45) is 5.73 Å². The molecule has 0 aromatic rings. The van der Waals surface area contributed by atoms with Crippen molar-refractivity contribution >= 4 is 11.8 Å². The van der Waals surface area contributed by atoms with E-state index in [-0.39, 0.29) is 5.54 Å². The average molecular weight is 174 g/mol. The average Bonchev–Trinajstić information content (AvgIpc) is 2.32. The fraction of sp³-hybridized carbons (Fsp3) is 1.00. The van der Waals surface area contributed by atoms with Crippen LogP contribution in [0.4, 0.5) is 0 Å². The third-order valence-electron chi connectivity index (χ3n) is 1.78. The Bertz CT molecular complexity index is 114. The van der Waals surface area contributed by atoms with E-state index in [4.69, 9.17) is 5.73 Å². The van der Waals surface area contributed by atoms with Crippen molar-refractivity contribution in [1.29, 1.82) is 0 Å². The molecule has 3 N–H and O–H groups in total. The highest BCUT2D eigenvalue weighted by atomic mass is 32.2. The quantitative estimate of drug-likeness (QED) is 0.665. The first kappa shape index (κ1) is 9.36. The molecular formula is C8H18N2S. The molecule has 1 fully saturated rings. The summed E-state index contributed by atoms with van der Waals surface area (Å²) in [5.74, 6) is 2.57. The molecule has 1 atom stereocenters. The summed E-state index contributed by atoms with van der Waals surface area (Å²) in [5, 5.41) is 3.48. The van der Waals surface area contributed by atoms with Crippen LogP contribution in [0.3, 0.4) is 0 Å². The van der Waals surface area contributed by atoms with Crippen LogP contribution in [0.2, 0.25) is 0 Å². The van der Waals surface area contributed by atoms with Gasteiger partial charge >= 0.3 is 0 Å². The van der Waals surface area contributed by atoms with Crippen molar-refractivity contribution in [1.82, 2.24) is 5.32 Å². The maximum Gasteiger partial charge on any atom is 0.0223 e. The van der Waals surface area contributed by atoms with Crippen LogP contribution >= 0.6 is 11.8 Å². The van der Waals surface area contributed by atoms with E-state index in [1.807, 2.05) is 11.8 Å². The molecule has 3 heteroatoms. The summed E-state index contributed by atoms with van der Waals surface area (Å²) >= 11 is 2.03. The number of thioether (sulfide) groups is 1. The highest BCUT2D eigenvalue weighted by Gasteiger charge is 2.17. The Balaban J connectivity index is 2.11. The Morgan fingerprint density at radius 1 is 1.64 bits per heavy atom. The molecule has 1 heterocycles. The van der Waals surface area contributed by atoms with Crippen LogP contribution in [0, 0.1) is 0 Å². The zero-order valence-electron chi connectivity index (χ0n) is 7.39. The summed E-state index contributed by atoms with van der Waals surface area (Å²) < 4.78 is 0. The largest absolute Gasteiger partial charge is 0.324 e. The summed E-state index contributed by atoms with van der Waals surface area (Å²) in [6.45, 7) is 5.04. The highest BCUT2D eigenvalue weighted by molar-refractivity contribution is 7.99. The predicted molar refractivity (Wildman–Crippen MR) is 52.0 cm³/mol. The van der Waals surface area contributed by atoms with Crippen LogP contribution < -0.4 is 11.1 Å². The first-order chi connectivity index (χ1) is 5.08. The van der Waals surface area contributed by atoms with Gasteiger partial charge in [-0.3, -0.25) is 0 Å². The van der Waals surface area contributed by atoms with Crippen LogP contribution in [-0.4, -0.2) is 29.6 Å². The number of nitrogens with one attached hydrogen (secondary N) is 1. The van der Waals surface area contributed by atoms with E-state index >= 15 is 0 Å². The zero-order chi connectivity index (χ0) is 8.32. The summed E-state index contributed by atoms with van der Waals surface area (Å²) in [4.78, 5) is 0. The molecule has 1 aliphatic heterocycles. The Morgan fingerprint density at radius 2 is 2.36 bits per heavy atom. The molecule has 1 unspecified atom stereocenters. The van der Waals surface area contributed by atoms with Gasteiger partial charge in [0.2, 0.25) is 0 Å². The smallest absolute Gasteiger partial charge is 0.0223 e.